The molecule has 0 unspecified atom stereocenters. The van der Waals surface area contributed by atoms with Crippen LogP contribution in [0.25, 0.3) is 0 Å². The van der Waals surface area contributed by atoms with Crippen molar-refractivity contribution < 1.29 is 10.0 Å². The normalized spacial score (nSPS) is 9.82. The Hall–Kier alpha value is -0.505. The fourth-order valence-corrected chi connectivity index (χ4v) is 1.09. The van der Waals surface area contributed by atoms with Crippen molar-refractivity contribution in [3.05, 3.63) is 28.8 Å². The molecule has 0 saturated heterocycles. The van der Waals surface area contributed by atoms with Gasteiger partial charge in [-0.3, -0.25) is 0 Å². The molecule has 0 fully saturated rings. The van der Waals surface area contributed by atoms with Crippen LogP contribution in [0.3, 0.4) is 0 Å². The van der Waals surface area contributed by atoms with Crippen LogP contribution in [0.1, 0.15) is 5.56 Å². The molecule has 0 bridgehead atoms. The lowest BCUT2D eigenvalue weighted by Gasteiger charge is -2.04. The summed E-state index contributed by atoms with van der Waals surface area (Å²) in [6.07, 6.45) is 0. The van der Waals surface area contributed by atoms with Crippen molar-refractivity contribution in [2.45, 2.75) is 6.92 Å². The van der Waals surface area contributed by atoms with Gasteiger partial charge < -0.3 is 10.0 Å². The summed E-state index contributed by atoms with van der Waals surface area (Å²) in [7, 11) is -1.44. The minimum absolute atomic E-state index is 0.456. The molecule has 4 heteroatoms. The van der Waals surface area contributed by atoms with E-state index in [0.717, 1.165) is 0 Å². The van der Waals surface area contributed by atoms with Gasteiger partial charge in [-0.05, 0) is 24.0 Å². The Morgan fingerprint density at radius 1 is 1.36 bits per heavy atom. The molecule has 0 amide bonds. The number of benzene rings is 1. The second-order valence-corrected chi connectivity index (χ2v) is 2.73. The maximum absolute atomic E-state index is 8.83. The number of hydrogen-bond acceptors (Lipinski definition) is 2. The Kier molecular flexibility index (Phi) is 2.55. The fourth-order valence-electron chi connectivity index (χ4n) is 0.904. The summed E-state index contributed by atoms with van der Waals surface area (Å²) < 4.78 is 0. The van der Waals surface area contributed by atoms with Gasteiger partial charge in [0.05, 0.1) is 0 Å². The maximum Gasteiger partial charge on any atom is 0.488 e. The highest BCUT2D eigenvalue weighted by Crippen LogP contribution is 2.11. The lowest BCUT2D eigenvalue weighted by Crippen LogP contribution is -2.32. The lowest BCUT2D eigenvalue weighted by atomic mass is 9.77. The molecule has 0 aliphatic heterocycles. The average Bonchev–Trinajstić information content (AvgIpc) is 1.94. The van der Waals surface area contributed by atoms with Gasteiger partial charge in [0.15, 0.2) is 0 Å². The molecule has 0 radical (unpaired) electrons. The van der Waals surface area contributed by atoms with Gasteiger partial charge in [-0.25, -0.2) is 0 Å². The predicted molar refractivity (Wildman–Crippen MR) is 46.0 cm³/mol. The summed E-state index contributed by atoms with van der Waals surface area (Å²) in [4.78, 5) is 0. The first-order chi connectivity index (χ1) is 5.13. The Balaban J connectivity index is 3.17. The lowest BCUT2D eigenvalue weighted by molar-refractivity contribution is 0.425. The van der Waals surface area contributed by atoms with E-state index in [0.29, 0.717) is 16.0 Å². The van der Waals surface area contributed by atoms with Crippen LogP contribution in [0.5, 0.6) is 0 Å². The Morgan fingerprint density at radius 2 is 2.00 bits per heavy atom. The highest BCUT2D eigenvalue weighted by molar-refractivity contribution is 6.59. The van der Waals surface area contributed by atoms with Gasteiger partial charge in [0.2, 0.25) is 0 Å². The number of halogens is 1. The smallest absolute Gasteiger partial charge is 0.423 e. The zero-order valence-corrected chi connectivity index (χ0v) is 6.84. The van der Waals surface area contributed by atoms with Gasteiger partial charge in [-0.1, -0.05) is 23.7 Å². The third-order valence-electron chi connectivity index (χ3n) is 1.59. The van der Waals surface area contributed by atoms with Gasteiger partial charge in [0.1, 0.15) is 0 Å². The van der Waals surface area contributed by atoms with E-state index >= 15 is 0 Å². The van der Waals surface area contributed by atoms with E-state index < -0.39 is 7.12 Å². The zero-order valence-electron chi connectivity index (χ0n) is 6.08. The standard InChI is InChI=1S/C7H8BClO2/c1-5-6(8(10)11)3-2-4-7(5)9/h2-4,10-11H,1H3. The van der Waals surface area contributed by atoms with Crippen molar-refractivity contribution >= 4 is 24.2 Å². The van der Waals surface area contributed by atoms with Crippen molar-refractivity contribution in [2.75, 3.05) is 0 Å². The fraction of sp³-hybridized carbons (Fsp3) is 0.143. The molecule has 1 rings (SSSR count). The summed E-state index contributed by atoms with van der Waals surface area (Å²) in [5, 5.41) is 18.2. The summed E-state index contributed by atoms with van der Waals surface area (Å²) in [5.41, 5.74) is 1.17. The van der Waals surface area contributed by atoms with Crippen LogP contribution >= 0.6 is 11.6 Å². The first-order valence-electron chi connectivity index (χ1n) is 3.24. The van der Waals surface area contributed by atoms with Gasteiger partial charge in [0, 0.05) is 5.02 Å². The maximum atomic E-state index is 8.83. The number of rotatable bonds is 1. The first-order valence-corrected chi connectivity index (χ1v) is 3.62. The molecular formula is C7H8BClO2. The van der Waals surface area contributed by atoms with Crippen LogP contribution in [-0.2, 0) is 0 Å². The molecule has 1 aromatic rings. The average molecular weight is 170 g/mol. The van der Waals surface area contributed by atoms with E-state index in [1.165, 1.54) is 0 Å². The van der Waals surface area contributed by atoms with Crippen molar-refractivity contribution in [2.24, 2.45) is 0 Å². The topological polar surface area (TPSA) is 40.5 Å². The molecule has 0 aliphatic carbocycles. The van der Waals surface area contributed by atoms with Crippen LogP contribution in [-0.4, -0.2) is 17.2 Å². The largest absolute Gasteiger partial charge is 0.488 e. The molecule has 0 spiro atoms. The molecule has 58 valence electrons. The van der Waals surface area contributed by atoms with Crippen molar-refractivity contribution in [1.82, 2.24) is 0 Å². The Bertz CT molecular complexity index is 263. The Labute approximate surface area is 70.6 Å². The van der Waals surface area contributed by atoms with Crippen molar-refractivity contribution in [1.29, 1.82) is 0 Å². The molecule has 1 aromatic carbocycles. The molecule has 0 saturated carbocycles. The zero-order chi connectivity index (χ0) is 8.43. The van der Waals surface area contributed by atoms with E-state index in [1.54, 1.807) is 25.1 Å². The second kappa shape index (κ2) is 3.26. The quantitative estimate of drug-likeness (QED) is 0.596. The van der Waals surface area contributed by atoms with Gasteiger partial charge in [0.25, 0.3) is 0 Å². The van der Waals surface area contributed by atoms with Gasteiger partial charge >= 0.3 is 7.12 Å². The van der Waals surface area contributed by atoms with E-state index in [-0.39, 0.29) is 0 Å². The van der Waals surface area contributed by atoms with E-state index in [9.17, 15) is 0 Å². The minimum atomic E-state index is -1.44. The van der Waals surface area contributed by atoms with Crippen LogP contribution < -0.4 is 5.46 Å². The van der Waals surface area contributed by atoms with Crippen molar-refractivity contribution in [3.63, 3.8) is 0 Å². The summed E-state index contributed by atoms with van der Waals surface area (Å²) in [6.45, 7) is 1.75. The second-order valence-electron chi connectivity index (χ2n) is 2.33. The van der Waals surface area contributed by atoms with Crippen LogP contribution in [0, 0.1) is 6.92 Å². The molecule has 0 aliphatic rings. The van der Waals surface area contributed by atoms with Crippen LogP contribution in [0.15, 0.2) is 18.2 Å². The van der Waals surface area contributed by atoms with Crippen molar-refractivity contribution in [3.8, 4) is 0 Å². The van der Waals surface area contributed by atoms with E-state index in [2.05, 4.69) is 0 Å². The molecule has 11 heavy (non-hydrogen) atoms. The minimum Gasteiger partial charge on any atom is -0.423 e. The SMILES string of the molecule is Cc1c(Cl)cccc1B(O)O. The summed E-state index contributed by atoms with van der Waals surface area (Å²) in [5.74, 6) is 0. The van der Waals surface area contributed by atoms with Crippen LogP contribution in [0.4, 0.5) is 0 Å². The highest BCUT2D eigenvalue weighted by Gasteiger charge is 2.14. The summed E-state index contributed by atoms with van der Waals surface area (Å²) in [6, 6.07) is 5.03. The highest BCUT2D eigenvalue weighted by atomic mass is 35.5. The molecule has 0 atom stereocenters. The molecule has 0 heterocycles. The number of hydrogen-bond donors (Lipinski definition) is 2. The first kappa shape index (κ1) is 8.59. The Morgan fingerprint density at radius 3 is 2.45 bits per heavy atom. The van der Waals surface area contributed by atoms with Crippen LogP contribution in [0.2, 0.25) is 5.02 Å². The molecule has 2 nitrogen and oxygen atoms in total. The van der Waals surface area contributed by atoms with E-state index in [1.807, 2.05) is 0 Å². The van der Waals surface area contributed by atoms with E-state index in [4.69, 9.17) is 21.6 Å². The third-order valence-corrected chi connectivity index (χ3v) is 2.00. The predicted octanol–water partition coefficient (Wildman–Crippen LogP) is 0.328. The molecule has 2 N–H and O–H groups in total. The summed E-state index contributed by atoms with van der Waals surface area (Å²) >= 11 is 5.74. The molecular weight excluding hydrogens is 162 g/mol. The van der Waals surface area contributed by atoms with Gasteiger partial charge in [-0.15, -0.1) is 0 Å². The van der Waals surface area contributed by atoms with Gasteiger partial charge in [-0.2, -0.15) is 0 Å². The third kappa shape index (κ3) is 1.74. The monoisotopic (exact) mass is 170 g/mol. The molecule has 0 aromatic heterocycles.